The normalized spacial score (nSPS) is 14.8. The summed E-state index contributed by atoms with van der Waals surface area (Å²) < 4.78 is 7.43. The molecule has 1 aliphatic rings. The molecule has 2 aromatic carbocycles. The van der Waals surface area contributed by atoms with Gasteiger partial charge >= 0.3 is 0 Å². The Bertz CT molecular complexity index is 873. The van der Waals surface area contributed by atoms with E-state index < -0.39 is 0 Å². The van der Waals surface area contributed by atoms with E-state index in [1.54, 1.807) is 11.0 Å². The summed E-state index contributed by atoms with van der Waals surface area (Å²) in [5, 5.41) is 4.10. The monoisotopic (exact) mass is 377 g/mol. The van der Waals surface area contributed by atoms with Crippen LogP contribution in [0.5, 0.6) is 5.75 Å². The lowest BCUT2D eigenvalue weighted by atomic mass is 10.1. The van der Waals surface area contributed by atoms with E-state index in [1.165, 1.54) is 6.33 Å². The number of benzene rings is 2. The Morgan fingerprint density at radius 3 is 2.39 bits per heavy atom. The summed E-state index contributed by atoms with van der Waals surface area (Å²) in [5.74, 6) is 0.968. The third-order valence-electron chi connectivity index (χ3n) is 4.88. The highest BCUT2D eigenvalue weighted by molar-refractivity contribution is 5.94. The van der Waals surface area contributed by atoms with Crippen LogP contribution in [0.4, 0.5) is 0 Å². The number of amides is 1. The van der Waals surface area contributed by atoms with E-state index in [2.05, 4.69) is 15.0 Å². The zero-order valence-electron chi connectivity index (χ0n) is 15.6. The molecule has 0 spiro atoms. The maximum Gasteiger partial charge on any atom is 0.253 e. The van der Waals surface area contributed by atoms with Crippen LogP contribution < -0.4 is 4.74 Å². The average molecular weight is 377 g/mol. The second-order valence-electron chi connectivity index (χ2n) is 6.68. The first-order valence-corrected chi connectivity index (χ1v) is 9.44. The molecule has 4 rings (SSSR count). The van der Waals surface area contributed by atoms with Gasteiger partial charge in [0.2, 0.25) is 0 Å². The maximum absolute atomic E-state index is 12.8. The van der Waals surface area contributed by atoms with Gasteiger partial charge in [0.05, 0.1) is 5.69 Å². The summed E-state index contributed by atoms with van der Waals surface area (Å²) in [7, 11) is 0. The number of hydrogen-bond acceptors (Lipinski definition) is 5. The maximum atomic E-state index is 12.8. The van der Waals surface area contributed by atoms with Gasteiger partial charge in [0, 0.05) is 38.3 Å². The van der Waals surface area contributed by atoms with Crippen molar-refractivity contribution < 1.29 is 9.53 Å². The number of piperazine rings is 1. The van der Waals surface area contributed by atoms with Crippen molar-refractivity contribution in [2.75, 3.05) is 39.3 Å². The lowest BCUT2D eigenvalue weighted by molar-refractivity contribution is 0.0620. The number of para-hydroxylation sites is 1. The van der Waals surface area contributed by atoms with Gasteiger partial charge in [0.15, 0.2) is 0 Å². The molecule has 7 heteroatoms. The molecule has 0 unspecified atom stereocenters. The van der Waals surface area contributed by atoms with E-state index in [0.29, 0.717) is 12.2 Å². The van der Waals surface area contributed by atoms with Crippen molar-refractivity contribution in [2.45, 2.75) is 0 Å². The van der Waals surface area contributed by atoms with E-state index in [4.69, 9.17) is 4.74 Å². The van der Waals surface area contributed by atoms with Gasteiger partial charge in [-0.05, 0) is 36.4 Å². The summed E-state index contributed by atoms with van der Waals surface area (Å²) in [5.41, 5.74) is 1.59. The van der Waals surface area contributed by atoms with E-state index in [1.807, 2.05) is 59.5 Å². The molecule has 0 bridgehead atoms. The Morgan fingerprint density at radius 2 is 1.71 bits per heavy atom. The van der Waals surface area contributed by atoms with Gasteiger partial charge in [-0.2, -0.15) is 5.10 Å². The Balaban J connectivity index is 1.24. The number of ether oxygens (including phenoxy) is 1. The second-order valence-corrected chi connectivity index (χ2v) is 6.68. The first kappa shape index (κ1) is 18.2. The van der Waals surface area contributed by atoms with E-state index in [0.717, 1.165) is 44.2 Å². The first-order valence-electron chi connectivity index (χ1n) is 9.44. The molecule has 2 heterocycles. The molecule has 0 N–H and O–H groups in total. The second kappa shape index (κ2) is 8.67. The van der Waals surface area contributed by atoms with E-state index in [-0.39, 0.29) is 5.91 Å². The lowest BCUT2D eigenvalue weighted by Crippen LogP contribution is -2.49. The third-order valence-corrected chi connectivity index (χ3v) is 4.88. The molecule has 0 atom stereocenters. The lowest BCUT2D eigenvalue weighted by Gasteiger charge is -2.34. The number of aromatic nitrogens is 3. The Labute approximate surface area is 164 Å². The van der Waals surface area contributed by atoms with Crippen LogP contribution in [0.25, 0.3) is 5.69 Å². The topological polar surface area (TPSA) is 63.5 Å². The molecule has 144 valence electrons. The van der Waals surface area contributed by atoms with Gasteiger partial charge in [0.25, 0.3) is 5.91 Å². The molecule has 28 heavy (non-hydrogen) atoms. The molecule has 1 amide bonds. The minimum Gasteiger partial charge on any atom is -0.492 e. The molecule has 7 nitrogen and oxygen atoms in total. The van der Waals surface area contributed by atoms with E-state index in [9.17, 15) is 4.79 Å². The molecule has 1 aromatic heterocycles. The van der Waals surface area contributed by atoms with Crippen LogP contribution in [0.1, 0.15) is 10.4 Å². The summed E-state index contributed by atoms with van der Waals surface area (Å²) in [6.45, 7) is 4.71. The summed E-state index contributed by atoms with van der Waals surface area (Å²) in [4.78, 5) is 20.9. The molecule has 0 saturated carbocycles. The fourth-order valence-corrected chi connectivity index (χ4v) is 3.26. The van der Waals surface area contributed by atoms with Crippen LogP contribution in [0.2, 0.25) is 0 Å². The number of rotatable bonds is 6. The predicted molar refractivity (Wildman–Crippen MR) is 106 cm³/mol. The molecule has 3 aromatic rings. The van der Waals surface area contributed by atoms with Crippen LogP contribution >= 0.6 is 0 Å². The van der Waals surface area contributed by atoms with Crippen LogP contribution in [-0.4, -0.2) is 69.8 Å². The zero-order valence-corrected chi connectivity index (χ0v) is 15.6. The van der Waals surface area contributed by atoms with Gasteiger partial charge in [-0.25, -0.2) is 9.67 Å². The van der Waals surface area contributed by atoms with Gasteiger partial charge in [0.1, 0.15) is 25.0 Å². The summed E-state index contributed by atoms with van der Waals surface area (Å²) in [6.07, 6.45) is 3.13. The largest absolute Gasteiger partial charge is 0.492 e. The van der Waals surface area contributed by atoms with Crippen LogP contribution in [0.15, 0.2) is 67.3 Å². The highest BCUT2D eigenvalue weighted by atomic mass is 16.5. The minimum absolute atomic E-state index is 0.0744. The predicted octanol–water partition coefficient (Wildman–Crippen LogP) is 2.10. The fourth-order valence-electron chi connectivity index (χ4n) is 3.26. The molecule has 0 aliphatic carbocycles. The van der Waals surface area contributed by atoms with Crippen LogP contribution in [0.3, 0.4) is 0 Å². The molecule has 1 aliphatic heterocycles. The third kappa shape index (κ3) is 4.37. The molecular formula is C21H23N5O2. The molecule has 1 saturated heterocycles. The molecule has 1 fully saturated rings. The summed E-state index contributed by atoms with van der Waals surface area (Å²) in [6, 6.07) is 17.3. The van der Waals surface area contributed by atoms with Gasteiger partial charge < -0.3 is 9.64 Å². The highest BCUT2D eigenvalue weighted by Gasteiger charge is 2.22. The smallest absolute Gasteiger partial charge is 0.253 e. The first-order chi connectivity index (χ1) is 13.8. The van der Waals surface area contributed by atoms with Gasteiger partial charge in [-0.15, -0.1) is 0 Å². The Kier molecular flexibility index (Phi) is 5.63. The zero-order chi connectivity index (χ0) is 19.2. The van der Waals surface area contributed by atoms with Crippen LogP contribution in [-0.2, 0) is 0 Å². The Hall–Kier alpha value is -3.19. The van der Waals surface area contributed by atoms with E-state index >= 15 is 0 Å². The van der Waals surface area contributed by atoms with Gasteiger partial charge in [-0.3, -0.25) is 9.69 Å². The Morgan fingerprint density at radius 1 is 0.964 bits per heavy atom. The summed E-state index contributed by atoms with van der Waals surface area (Å²) >= 11 is 0. The minimum atomic E-state index is 0.0744. The number of nitrogens with zero attached hydrogens (tertiary/aromatic N) is 5. The van der Waals surface area contributed by atoms with Crippen molar-refractivity contribution in [2.24, 2.45) is 0 Å². The highest BCUT2D eigenvalue weighted by Crippen LogP contribution is 2.13. The molecular weight excluding hydrogens is 354 g/mol. The van der Waals surface area contributed by atoms with Crippen molar-refractivity contribution >= 4 is 5.91 Å². The fraction of sp³-hybridized carbons (Fsp3) is 0.286. The number of carbonyl (C=O) groups is 1. The quantitative estimate of drug-likeness (QED) is 0.658. The average Bonchev–Trinajstić information content (AvgIpc) is 3.30. The van der Waals surface area contributed by atoms with Crippen molar-refractivity contribution in [3.05, 3.63) is 72.8 Å². The molecule has 0 radical (unpaired) electrons. The SMILES string of the molecule is O=C(c1ccc(-n2cncn2)cc1)N1CCN(CCOc2ccccc2)CC1. The number of carbonyl (C=O) groups excluding carboxylic acids is 1. The van der Waals surface area contributed by atoms with Gasteiger partial charge in [-0.1, -0.05) is 18.2 Å². The van der Waals surface area contributed by atoms with Crippen molar-refractivity contribution in [3.63, 3.8) is 0 Å². The van der Waals surface area contributed by atoms with Crippen molar-refractivity contribution in [3.8, 4) is 11.4 Å². The van der Waals surface area contributed by atoms with Crippen LogP contribution in [0, 0.1) is 0 Å². The standard InChI is InChI=1S/C21H23N5O2/c27-21(18-6-8-19(9-7-18)26-17-22-16-23-26)25-12-10-24(11-13-25)14-15-28-20-4-2-1-3-5-20/h1-9,16-17H,10-15H2. The number of hydrogen-bond donors (Lipinski definition) is 0. The van der Waals surface area contributed by atoms with Crippen molar-refractivity contribution in [1.82, 2.24) is 24.6 Å². The van der Waals surface area contributed by atoms with Crippen molar-refractivity contribution in [1.29, 1.82) is 0 Å².